The van der Waals surface area contributed by atoms with Crippen molar-refractivity contribution in [2.45, 2.75) is 31.7 Å². The van der Waals surface area contributed by atoms with Crippen LogP contribution in [0.2, 0.25) is 0 Å². The van der Waals surface area contributed by atoms with Crippen LogP contribution in [0.3, 0.4) is 0 Å². The summed E-state index contributed by atoms with van der Waals surface area (Å²) >= 11 is 0. The molecule has 0 aromatic rings. The molecule has 0 amide bonds. The SMILES string of the molecule is C1=CC2CCC(N3CCCC3)C2C=C1.[Li+]. The molecule has 2 fully saturated rings. The first kappa shape index (κ1) is 11.5. The molecule has 0 aromatic heterocycles. The molecule has 76 valence electrons. The van der Waals surface area contributed by atoms with E-state index < -0.39 is 0 Å². The molecule has 3 unspecified atom stereocenters. The van der Waals surface area contributed by atoms with Crippen LogP contribution in [0, 0.1) is 11.8 Å². The summed E-state index contributed by atoms with van der Waals surface area (Å²) in [5, 5.41) is 0. The monoisotopic (exact) mass is 196 g/mol. The Bertz CT molecular complexity index is 266. The third-order valence-electron chi connectivity index (χ3n) is 4.15. The fraction of sp³-hybridized carbons (Fsp3) is 0.692. The Morgan fingerprint density at radius 1 is 0.933 bits per heavy atom. The molecule has 2 aliphatic carbocycles. The molecule has 3 atom stereocenters. The van der Waals surface area contributed by atoms with E-state index in [0.29, 0.717) is 0 Å². The number of hydrogen-bond donors (Lipinski definition) is 0. The average molecular weight is 196 g/mol. The fourth-order valence-electron chi connectivity index (χ4n) is 3.43. The van der Waals surface area contributed by atoms with E-state index in [4.69, 9.17) is 0 Å². The molecule has 15 heavy (non-hydrogen) atoms. The standard InChI is InChI=1S/C13H19N.Li/c1-2-6-12-11(5-1)7-8-13(12)14-9-3-4-10-14;/h1-2,5-6,11-13H,3-4,7-10H2;/q;+1. The van der Waals surface area contributed by atoms with Gasteiger partial charge in [0.2, 0.25) is 0 Å². The number of rotatable bonds is 1. The van der Waals surface area contributed by atoms with Crippen LogP contribution in [-0.2, 0) is 0 Å². The Kier molecular flexibility index (Phi) is 3.77. The van der Waals surface area contributed by atoms with Crippen LogP contribution in [0.4, 0.5) is 0 Å². The van der Waals surface area contributed by atoms with Crippen LogP contribution in [0.15, 0.2) is 24.3 Å². The van der Waals surface area contributed by atoms with E-state index in [1.165, 1.54) is 38.8 Å². The molecule has 1 heterocycles. The van der Waals surface area contributed by atoms with Crippen molar-refractivity contribution in [1.82, 2.24) is 4.90 Å². The second-order valence-electron chi connectivity index (χ2n) is 4.90. The quantitative estimate of drug-likeness (QED) is 0.516. The molecule has 0 bridgehead atoms. The maximum atomic E-state index is 2.73. The molecule has 0 N–H and O–H groups in total. The summed E-state index contributed by atoms with van der Waals surface area (Å²) in [7, 11) is 0. The van der Waals surface area contributed by atoms with Gasteiger partial charge in [-0.25, -0.2) is 0 Å². The first-order valence-corrected chi connectivity index (χ1v) is 6.04. The number of hydrogen-bond acceptors (Lipinski definition) is 1. The maximum absolute atomic E-state index is 2.73. The zero-order valence-corrected chi connectivity index (χ0v) is 9.73. The van der Waals surface area contributed by atoms with Crippen molar-refractivity contribution in [2.24, 2.45) is 11.8 Å². The topological polar surface area (TPSA) is 3.24 Å². The summed E-state index contributed by atoms with van der Waals surface area (Å²) < 4.78 is 0. The van der Waals surface area contributed by atoms with Gasteiger partial charge in [0.25, 0.3) is 0 Å². The first-order valence-electron chi connectivity index (χ1n) is 6.04. The largest absolute Gasteiger partial charge is 1.00 e. The summed E-state index contributed by atoms with van der Waals surface area (Å²) in [5.74, 6) is 1.68. The second-order valence-corrected chi connectivity index (χ2v) is 4.90. The molecule has 3 rings (SSSR count). The second kappa shape index (κ2) is 4.91. The van der Waals surface area contributed by atoms with E-state index >= 15 is 0 Å². The van der Waals surface area contributed by atoms with Crippen molar-refractivity contribution in [2.75, 3.05) is 13.1 Å². The molecule has 1 saturated heterocycles. The summed E-state index contributed by atoms with van der Waals surface area (Å²) in [4.78, 5) is 2.73. The molecule has 2 heteroatoms. The van der Waals surface area contributed by atoms with Gasteiger partial charge in [-0.05, 0) is 50.6 Å². The minimum absolute atomic E-state index is 0. The van der Waals surface area contributed by atoms with Gasteiger partial charge in [-0.2, -0.15) is 0 Å². The van der Waals surface area contributed by atoms with Crippen LogP contribution in [0.1, 0.15) is 25.7 Å². The van der Waals surface area contributed by atoms with Crippen molar-refractivity contribution >= 4 is 0 Å². The van der Waals surface area contributed by atoms with Crippen LogP contribution >= 0.6 is 0 Å². The van der Waals surface area contributed by atoms with Crippen molar-refractivity contribution < 1.29 is 18.9 Å². The van der Waals surface area contributed by atoms with Crippen molar-refractivity contribution in [3.63, 3.8) is 0 Å². The van der Waals surface area contributed by atoms with E-state index in [-0.39, 0.29) is 18.9 Å². The van der Waals surface area contributed by atoms with Crippen LogP contribution in [-0.4, -0.2) is 24.0 Å². The number of allylic oxidation sites excluding steroid dienone is 3. The van der Waals surface area contributed by atoms with E-state index in [1.54, 1.807) is 0 Å². The Labute approximate surface area is 105 Å². The van der Waals surface area contributed by atoms with Crippen LogP contribution in [0.5, 0.6) is 0 Å². The minimum atomic E-state index is 0. The molecule has 3 aliphatic rings. The zero-order valence-electron chi connectivity index (χ0n) is 9.73. The Morgan fingerprint density at radius 2 is 1.67 bits per heavy atom. The summed E-state index contributed by atoms with van der Waals surface area (Å²) in [6.45, 7) is 2.71. The smallest absolute Gasteiger partial charge is 0.300 e. The molecule has 0 aromatic carbocycles. The van der Waals surface area contributed by atoms with E-state index in [9.17, 15) is 0 Å². The Hall–Kier alpha value is 0.0374. The van der Waals surface area contributed by atoms with Gasteiger partial charge in [-0.15, -0.1) is 0 Å². The van der Waals surface area contributed by atoms with Crippen molar-refractivity contribution in [3.05, 3.63) is 24.3 Å². The number of nitrogens with zero attached hydrogens (tertiary/aromatic N) is 1. The minimum Gasteiger partial charge on any atom is -0.300 e. The van der Waals surface area contributed by atoms with Gasteiger partial charge >= 0.3 is 18.9 Å². The van der Waals surface area contributed by atoms with E-state index in [1.807, 2.05) is 0 Å². The van der Waals surface area contributed by atoms with Gasteiger partial charge in [0.15, 0.2) is 0 Å². The van der Waals surface area contributed by atoms with Crippen LogP contribution < -0.4 is 18.9 Å². The first-order chi connectivity index (χ1) is 6.95. The summed E-state index contributed by atoms with van der Waals surface area (Å²) in [6, 6.07) is 0.865. The molecule has 1 saturated carbocycles. The summed E-state index contributed by atoms with van der Waals surface area (Å²) in [6.07, 6.45) is 15.0. The third-order valence-corrected chi connectivity index (χ3v) is 4.15. The van der Waals surface area contributed by atoms with E-state index in [0.717, 1.165) is 17.9 Å². The zero-order chi connectivity index (χ0) is 9.38. The van der Waals surface area contributed by atoms with Gasteiger partial charge in [-0.1, -0.05) is 24.3 Å². The van der Waals surface area contributed by atoms with Crippen LogP contribution in [0.25, 0.3) is 0 Å². The van der Waals surface area contributed by atoms with Gasteiger partial charge in [-0.3, -0.25) is 4.90 Å². The van der Waals surface area contributed by atoms with Gasteiger partial charge in [0.1, 0.15) is 0 Å². The molecular formula is C13H19LiN+. The Morgan fingerprint density at radius 3 is 2.47 bits per heavy atom. The molecular weight excluding hydrogens is 177 g/mol. The summed E-state index contributed by atoms with van der Waals surface area (Å²) in [5.41, 5.74) is 0. The maximum Gasteiger partial charge on any atom is 1.00 e. The molecule has 1 nitrogen and oxygen atoms in total. The predicted molar refractivity (Wildman–Crippen MR) is 59.1 cm³/mol. The van der Waals surface area contributed by atoms with Gasteiger partial charge < -0.3 is 0 Å². The molecule has 1 aliphatic heterocycles. The van der Waals surface area contributed by atoms with Gasteiger partial charge in [0, 0.05) is 6.04 Å². The Balaban J connectivity index is 0.000000853. The third kappa shape index (κ3) is 2.11. The van der Waals surface area contributed by atoms with E-state index in [2.05, 4.69) is 29.2 Å². The predicted octanol–water partition coefficient (Wildman–Crippen LogP) is -0.393. The average Bonchev–Trinajstić information content (AvgIpc) is 2.85. The molecule has 0 spiro atoms. The van der Waals surface area contributed by atoms with Crippen molar-refractivity contribution in [3.8, 4) is 0 Å². The van der Waals surface area contributed by atoms with Crippen molar-refractivity contribution in [1.29, 1.82) is 0 Å². The number of likely N-dealkylation sites (tertiary alicyclic amines) is 1. The fourth-order valence-corrected chi connectivity index (χ4v) is 3.43. The van der Waals surface area contributed by atoms with Gasteiger partial charge in [0.05, 0.1) is 0 Å². The molecule has 0 radical (unpaired) electrons. The number of fused-ring (bicyclic) bond motifs is 1. The normalized spacial score (nSPS) is 39.1.